The van der Waals surface area contributed by atoms with Gasteiger partial charge in [0.1, 0.15) is 0 Å². The van der Waals surface area contributed by atoms with Crippen LogP contribution < -0.4 is 0 Å². The van der Waals surface area contributed by atoms with Gasteiger partial charge in [-0.25, -0.2) is 0 Å². The summed E-state index contributed by atoms with van der Waals surface area (Å²) in [5, 5.41) is 0. The summed E-state index contributed by atoms with van der Waals surface area (Å²) in [5.41, 5.74) is 4.73. The minimum absolute atomic E-state index is 0.437. The summed E-state index contributed by atoms with van der Waals surface area (Å²) in [6.07, 6.45) is 14.6. The lowest BCUT2D eigenvalue weighted by Gasteiger charge is -2.40. The van der Waals surface area contributed by atoms with E-state index in [9.17, 15) is 0 Å². The van der Waals surface area contributed by atoms with Gasteiger partial charge in [0.25, 0.3) is 0 Å². The van der Waals surface area contributed by atoms with Gasteiger partial charge in [-0.1, -0.05) is 37.6 Å². The van der Waals surface area contributed by atoms with Gasteiger partial charge in [-0.15, -0.1) is 0 Å². The fraction of sp³-hybridized carbons (Fsp3) is 0.600. The normalized spacial score (nSPS) is 22.5. The third kappa shape index (κ3) is 4.62. The second kappa shape index (κ2) is 7.15. The highest BCUT2D eigenvalue weighted by Crippen LogP contribution is 2.45. The first-order valence-electron chi connectivity index (χ1n) is 8.33. The molecule has 1 aliphatic carbocycles. The highest BCUT2D eigenvalue weighted by atomic mass is 16.3. The Bertz CT molecular complexity index is 476. The molecule has 0 aromatic carbocycles. The fourth-order valence-electron chi connectivity index (χ4n) is 3.66. The molecule has 1 fully saturated rings. The fourth-order valence-corrected chi connectivity index (χ4v) is 3.66. The topological polar surface area (TPSA) is 13.1 Å². The molecule has 1 heterocycles. The highest BCUT2D eigenvalue weighted by molar-refractivity contribution is 5.12. The van der Waals surface area contributed by atoms with E-state index in [0.717, 1.165) is 12.8 Å². The Morgan fingerprint density at radius 2 is 2.29 bits per heavy atom. The van der Waals surface area contributed by atoms with E-state index in [-0.39, 0.29) is 0 Å². The Kier molecular flexibility index (Phi) is 5.50. The Hall–Kier alpha value is -1.24. The molecule has 0 unspecified atom stereocenters. The predicted octanol–water partition coefficient (Wildman–Crippen LogP) is 6.32. The van der Waals surface area contributed by atoms with E-state index >= 15 is 0 Å². The maximum atomic E-state index is 5.10. The van der Waals surface area contributed by atoms with Gasteiger partial charge < -0.3 is 4.42 Å². The Morgan fingerprint density at radius 3 is 2.95 bits per heavy atom. The summed E-state index contributed by atoms with van der Waals surface area (Å²) in [6, 6.07) is 2.05. The third-order valence-electron chi connectivity index (χ3n) is 5.09. The molecule has 2 rings (SSSR count). The first-order valence-corrected chi connectivity index (χ1v) is 8.33. The molecule has 1 aromatic rings. The van der Waals surface area contributed by atoms with Crippen LogP contribution in [0.15, 0.2) is 46.8 Å². The van der Waals surface area contributed by atoms with E-state index in [4.69, 9.17) is 4.42 Å². The zero-order valence-electron chi connectivity index (χ0n) is 14.0. The van der Waals surface area contributed by atoms with Gasteiger partial charge in [-0.3, -0.25) is 0 Å². The Labute approximate surface area is 130 Å². The zero-order chi connectivity index (χ0) is 15.3. The van der Waals surface area contributed by atoms with Crippen molar-refractivity contribution in [3.63, 3.8) is 0 Å². The monoisotopic (exact) mass is 286 g/mol. The van der Waals surface area contributed by atoms with Gasteiger partial charge in [0.2, 0.25) is 0 Å². The summed E-state index contributed by atoms with van der Waals surface area (Å²) >= 11 is 0. The molecule has 1 heteroatoms. The molecule has 1 nitrogen and oxygen atoms in total. The molecule has 21 heavy (non-hydrogen) atoms. The predicted molar refractivity (Wildman–Crippen MR) is 90.3 cm³/mol. The second-order valence-corrected chi connectivity index (χ2v) is 7.31. The van der Waals surface area contributed by atoms with Crippen LogP contribution in [0.25, 0.3) is 0 Å². The SMILES string of the molecule is C=C1CCCC(C)(C)[C@@H]1CC/C(C)=C/CCc1ccoc1. The molecular formula is C20H30O. The molecule has 0 amide bonds. The van der Waals surface area contributed by atoms with E-state index in [1.54, 1.807) is 6.26 Å². The van der Waals surface area contributed by atoms with Crippen LogP contribution in [-0.4, -0.2) is 0 Å². The van der Waals surface area contributed by atoms with E-state index in [2.05, 4.69) is 39.5 Å². The largest absolute Gasteiger partial charge is 0.472 e. The van der Waals surface area contributed by atoms with Crippen LogP contribution in [-0.2, 0) is 6.42 Å². The van der Waals surface area contributed by atoms with Gasteiger partial charge >= 0.3 is 0 Å². The van der Waals surface area contributed by atoms with Crippen molar-refractivity contribution in [3.05, 3.63) is 48.0 Å². The van der Waals surface area contributed by atoms with Crippen molar-refractivity contribution in [3.8, 4) is 0 Å². The van der Waals surface area contributed by atoms with E-state index in [0.29, 0.717) is 11.3 Å². The van der Waals surface area contributed by atoms with Crippen LogP contribution in [0.4, 0.5) is 0 Å². The third-order valence-corrected chi connectivity index (χ3v) is 5.09. The Morgan fingerprint density at radius 1 is 1.48 bits per heavy atom. The minimum atomic E-state index is 0.437. The first kappa shape index (κ1) is 16.1. The van der Waals surface area contributed by atoms with Gasteiger partial charge in [-0.2, -0.15) is 0 Å². The van der Waals surface area contributed by atoms with Gasteiger partial charge in [0, 0.05) is 0 Å². The van der Waals surface area contributed by atoms with E-state index in [1.165, 1.54) is 48.8 Å². The quantitative estimate of drug-likeness (QED) is 0.557. The van der Waals surface area contributed by atoms with Gasteiger partial charge in [0.05, 0.1) is 12.5 Å². The highest BCUT2D eigenvalue weighted by Gasteiger charge is 2.33. The molecule has 0 spiro atoms. The van der Waals surface area contributed by atoms with Crippen molar-refractivity contribution >= 4 is 0 Å². The minimum Gasteiger partial charge on any atom is -0.472 e. The summed E-state index contributed by atoms with van der Waals surface area (Å²) in [6.45, 7) is 11.4. The lowest BCUT2D eigenvalue weighted by atomic mass is 9.65. The lowest BCUT2D eigenvalue weighted by Crippen LogP contribution is -2.29. The van der Waals surface area contributed by atoms with Gasteiger partial charge in [0.15, 0.2) is 0 Å². The van der Waals surface area contributed by atoms with Crippen molar-refractivity contribution in [2.75, 3.05) is 0 Å². The van der Waals surface area contributed by atoms with Crippen LogP contribution in [0.3, 0.4) is 0 Å². The first-order chi connectivity index (χ1) is 9.99. The number of rotatable bonds is 6. The summed E-state index contributed by atoms with van der Waals surface area (Å²) < 4.78 is 5.10. The smallest absolute Gasteiger partial charge is 0.0934 e. The molecule has 0 saturated heterocycles. The molecule has 1 aliphatic rings. The van der Waals surface area contributed by atoms with E-state index < -0.39 is 0 Å². The number of hydrogen-bond acceptors (Lipinski definition) is 1. The average Bonchev–Trinajstić information content (AvgIpc) is 2.90. The average molecular weight is 286 g/mol. The molecule has 0 aliphatic heterocycles. The Balaban J connectivity index is 1.79. The van der Waals surface area contributed by atoms with Crippen molar-refractivity contribution in [1.82, 2.24) is 0 Å². The molecule has 0 radical (unpaired) electrons. The second-order valence-electron chi connectivity index (χ2n) is 7.31. The van der Waals surface area contributed by atoms with E-state index in [1.807, 2.05) is 6.26 Å². The van der Waals surface area contributed by atoms with Crippen molar-refractivity contribution < 1.29 is 4.42 Å². The number of allylic oxidation sites excluding steroid dienone is 3. The molecular weight excluding hydrogens is 256 g/mol. The van der Waals surface area contributed by atoms with Crippen LogP contribution >= 0.6 is 0 Å². The lowest BCUT2D eigenvalue weighted by molar-refractivity contribution is 0.180. The molecule has 1 atom stereocenters. The molecule has 116 valence electrons. The molecule has 1 saturated carbocycles. The summed E-state index contributed by atoms with van der Waals surface area (Å²) in [7, 11) is 0. The molecule has 1 aromatic heterocycles. The van der Waals surface area contributed by atoms with Crippen molar-refractivity contribution in [2.45, 2.75) is 65.7 Å². The van der Waals surface area contributed by atoms with Crippen LogP contribution in [0, 0.1) is 11.3 Å². The van der Waals surface area contributed by atoms with Crippen LogP contribution in [0.1, 0.15) is 64.9 Å². The molecule has 0 bridgehead atoms. The van der Waals surface area contributed by atoms with Crippen molar-refractivity contribution in [1.29, 1.82) is 0 Å². The van der Waals surface area contributed by atoms with Crippen molar-refractivity contribution in [2.24, 2.45) is 11.3 Å². The number of hydrogen-bond donors (Lipinski definition) is 0. The standard InChI is InChI=1S/C20H30O/c1-16(7-5-9-18-12-14-21-15-18)10-11-19-17(2)8-6-13-20(19,3)4/h7,12,14-15,19H,2,5-6,8-11,13H2,1,3-4H3/b16-7+/t19-/m1/s1. The number of aryl methyl sites for hydroxylation is 1. The zero-order valence-corrected chi connectivity index (χ0v) is 14.0. The molecule has 0 N–H and O–H groups in total. The maximum Gasteiger partial charge on any atom is 0.0934 e. The van der Waals surface area contributed by atoms with Crippen LogP contribution in [0.2, 0.25) is 0 Å². The van der Waals surface area contributed by atoms with Crippen LogP contribution in [0.5, 0.6) is 0 Å². The summed E-state index contributed by atoms with van der Waals surface area (Å²) in [5.74, 6) is 0.698. The maximum absolute atomic E-state index is 5.10. The summed E-state index contributed by atoms with van der Waals surface area (Å²) in [4.78, 5) is 0. The number of furan rings is 1. The van der Waals surface area contributed by atoms with Gasteiger partial charge in [-0.05, 0) is 74.8 Å².